The number of rotatable bonds is 4. The number of carbonyl (C=O) groups excluding carboxylic acids is 2. The highest BCUT2D eigenvalue weighted by Crippen LogP contribution is 2.36. The van der Waals surface area contributed by atoms with Gasteiger partial charge >= 0.3 is 6.03 Å². The molecule has 1 aliphatic carbocycles. The van der Waals surface area contributed by atoms with Crippen LogP contribution in [0.5, 0.6) is 0 Å². The molecule has 3 heterocycles. The fourth-order valence-electron chi connectivity index (χ4n) is 4.44. The van der Waals surface area contributed by atoms with Gasteiger partial charge in [-0.3, -0.25) is 15.2 Å². The van der Waals surface area contributed by atoms with Gasteiger partial charge in [0, 0.05) is 23.9 Å². The van der Waals surface area contributed by atoms with E-state index in [1.54, 1.807) is 18.5 Å². The van der Waals surface area contributed by atoms with Crippen LogP contribution < -0.4 is 10.6 Å². The number of aromatic amines is 1. The van der Waals surface area contributed by atoms with Crippen LogP contribution in [0.25, 0.3) is 11.3 Å². The van der Waals surface area contributed by atoms with E-state index in [1.807, 2.05) is 29.2 Å². The van der Waals surface area contributed by atoms with E-state index in [0.29, 0.717) is 29.8 Å². The molecule has 160 valence electrons. The van der Waals surface area contributed by atoms with Gasteiger partial charge in [-0.2, -0.15) is 5.10 Å². The van der Waals surface area contributed by atoms with Crippen molar-refractivity contribution in [2.24, 2.45) is 0 Å². The van der Waals surface area contributed by atoms with Crippen LogP contribution in [0.1, 0.15) is 23.1 Å². The predicted molar refractivity (Wildman–Crippen MR) is 117 cm³/mol. The fraction of sp³-hybridized carbons (Fsp3) is 0.167. The SMILES string of the molecule is C=C=C1c2cc(F)ccc2CN1CC1(C2=CC=C(c3cn[nH]c3)CC=C2)NC(=O)NC1=O. The number of allylic oxidation sites excluding steroid dienone is 4. The molecule has 2 aliphatic heterocycles. The molecule has 3 aliphatic rings. The van der Waals surface area contributed by atoms with E-state index in [1.165, 1.54) is 12.1 Å². The Morgan fingerprint density at radius 2 is 2.16 bits per heavy atom. The van der Waals surface area contributed by atoms with Crippen molar-refractivity contribution < 1.29 is 14.0 Å². The summed E-state index contributed by atoms with van der Waals surface area (Å²) in [5.74, 6) is -0.796. The standard InChI is InChI=1S/C24H20FN5O2/c1-2-21-20-10-19(25)9-7-16(20)13-30(21)14-24(22(31)28-23(32)29-24)18-5-3-4-15(6-8-18)17-11-26-27-12-17/h3,5-12H,1,4,13-14H2,(H,26,27)(H2,28,29,31,32). The molecule has 0 bridgehead atoms. The number of hydrogen-bond acceptors (Lipinski definition) is 4. The zero-order valence-electron chi connectivity index (χ0n) is 17.1. The molecule has 8 heteroatoms. The molecule has 7 nitrogen and oxygen atoms in total. The van der Waals surface area contributed by atoms with Crippen molar-refractivity contribution in [1.82, 2.24) is 25.7 Å². The number of fused-ring (bicyclic) bond motifs is 1. The first-order valence-electron chi connectivity index (χ1n) is 10.1. The summed E-state index contributed by atoms with van der Waals surface area (Å²) in [5, 5.41) is 12.0. The summed E-state index contributed by atoms with van der Waals surface area (Å²) in [6.45, 7) is 4.35. The van der Waals surface area contributed by atoms with Crippen molar-refractivity contribution in [3.8, 4) is 0 Å². The van der Waals surface area contributed by atoms with E-state index in [2.05, 4.69) is 33.1 Å². The minimum absolute atomic E-state index is 0.143. The second-order valence-corrected chi connectivity index (χ2v) is 7.90. The van der Waals surface area contributed by atoms with Crippen LogP contribution in [0, 0.1) is 5.82 Å². The Morgan fingerprint density at radius 3 is 2.88 bits per heavy atom. The number of aromatic nitrogens is 2. The van der Waals surface area contributed by atoms with Crippen LogP contribution in [-0.2, 0) is 11.3 Å². The number of carbonyl (C=O) groups is 2. The van der Waals surface area contributed by atoms with Crippen LogP contribution in [0.15, 0.2) is 72.8 Å². The monoisotopic (exact) mass is 429 g/mol. The Hall–Kier alpha value is -4.16. The van der Waals surface area contributed by atoms with Crippen LogP contribution in [0.3, 0.4) is 0 Å². The average Bonchev–Trinajstić information content (AvgIpc) is 3.42. The van der Waals surface area contributed by atoms with Crippen molar-refractivity contribution in [3.05, 3.63) is 95.3 Å². The minimum Gasteiger partial charge on any atom is -0.357 e. The number of imide groups is 1. The quantitative estimate of drug-likeness (QED) is 0.515. The number of H-pyrrole nitrogens is 1. The number of amides is 3. The number of nitrogens with zero attached hydrogens (tertiary/aromatic N) is 2. The van der Waals surface area contributed by atoms with Gasteiger partial charge in [0.25, 0.3) is 5.91 Å². The third-order valence-electron chi connectivity index (χ3n) is 6.00. The third kappa shape index (κ3) is 3.18. The van der Waals surface area contributed by atoms with E-state index in [9.17, 15) is 14.0 Å². The minimum atomic E-state index is -1.32. The van der Waals surface area contributed by atoms with Gasteiger partial charge in [-0.1, -0.05) is 36.9 Å². The van der Waals surface area contributed by atoms with Gasteiger partial charge in [0.15, 0.2) is 5.54 Å². The lowest BCUT2D eigenvalue weighted by atomic mass is 9.88. The topological polar surface area (TPSA) is 90.1 Å². The first-order valence-corrected chi connectivity index (χ1v) is 10.1. The number of urea groups is 1. The molecule has 2 aromatic rings. The van der Waals surface area contributed by atoms with Gasteiger partial charge in [0.1, 0.15) is 5.82 Å². The van der Waals surface area contributed by atoms with Gasteiger partial charge in [-0.05, 0) is 35.3 Å². The normalized spacial score (nSPS) is 22.0. The molecule has 1 aromatic heterocycles. The van der Waals surface area contributed by atoms with Crippen molar-refractivity contribution in [2.45, 2.75) is 18.5 Å². The zero-order chi connectivity index (χ0) is 22.3. The summed E-state index contributed by atoms with van der Waals surface area (Å²) in [6, 6.07) is 4.00. The molecule has 1 saturated heterocycles. The number of benzene rings is 1. The highest BCUT2D eigenvalue weighted by Gasteiger charge is 2.50. The fourth-order valence-corrected chi connectivity index (χ4v) is 4.44. The predicted octanol–water partition coefficient (Wildman–Crippen LogP) is 3.04. The maximum atomic E-state index is 13.8. The first-order chi connectivity index (χ1) is 15.5. The molecule has 0 saturated carbocycles. The lowest BCUT2D eigenvalue weighted by Gasteiger charge is -2.33. The molecule has 0 spiro atoms. The molecule has 1 atom stereocenters. The summed E-state index contributed by atoms with van der Waals surface area (Å²) >= 11 is 0. The van der Waals surface area contributed by atoms with E-state index in [4.69, 9.17) is 0 Å². The summed E-state index contributed by atoms with van der Waals surface area (Å²) in [7, 11) is 0. The summed E-state index contributed by atoms with van der Waals surface area (Å²) in [6.07, 6.45) is 11.8. The highest BCUT2D eigenvalue weighted by molar-refractivity contribution is 6.10. The molecule has 32 heavy (non-hydrogen) atoms. The van der Waals surface area contributed by atoms with Gasteiger partial charge in [0.05, 0.1) is 18.4 Å². The van der Waals surface area contributed by atoms with Crippen LogP contribution in [0.2, 0.25) is 0 Å². The molecule has 1 unspecified atom stereocenters. The van der Waals surface area contributed by atoms with E-state index in [0.717, 1.165) is 16.7 Å². The summed E-state index contributed by atoms with van der Waals surface area (Å²) in [4.78, 5) is 27.2. The molecule has 5 rings (SSSR count). The second-order valence-electron chi connectivity index (χ2n) is 7.90. The number of halogens is 1. The Bertz CT molecular complexity index is 1270. The maximum absolute atomic E-state index is 13.8. The average molecular weight is 429 g/mol. The molecule has 3 N–H and O–H groups in total. The third-order valence-corrected chi connectivity index (χ3v) is 6.00. The first kappa shape index (κ1) is 19.8. The summed E-state index contributed by atoms with van der Waals surface area (Å²) in [5.41, 5.74) is 6.37. The van der Waals surface area contributed by atoms with Crippen molar-refractivity contribution in [2.75, 3.05) is 6.54 Å². The van der Waals surface area contributed by atoms with Crippen LogP contribution >= 0.6 is 0 Å². The molecular formula is C24H20FN5O2. The molecule has 1 aromatic carbocycles. The Balaban J connectivity index is 1.54. The van der Waals surface area contributed by atoms with E-state index < -0.39 is 17.5 Å². The lowest BCUT2D eigenvalue weighted by Crippen LogP contribution is -2.55. The van der Waals surface area contributed by atoms with Crippen molar-refractivity contribution in [1.29, 1.82) is 0 Å². The van der Waals surface area contributed by atoms with Crippen LogP contribution in [0.4, 0.5) is 9.18 Å². The molecule has 1 fully saturated rings. The van der Waals surface area contributed by atoms with Gasteiger partial charge < -0.3 is 10.2 Å². The second kappa shape index (κ2) is 7.51. The smallest absolute Gasteiger partial charge is 0.322 e. The lowest BCUT2D eigenvalue weighted by molar-refractivity contribution is -0.123. The Kier molecular flexibility index (Phi) is 4.64. The molecule has 0 radical (unpaired) electrons. The number of nitrogens with one attached hydrogen (secondary N) is 3. The molecular weight excluding hydrogens is 409 g/mol. The van der Waals surface area contributed by atoms with Gasteiger partial charge in [0.2, 0.25) is 0 Å². The Labute approximate surface area is 183 Å². The van der Waals surface area contributed by atoms with Gasteiger partial charge in [-0.15, -0.1) is 5.73 Å². The maximum Gasteiger partial charge on any atom is 0.322 e. The zero-order valence-corrected chi connectivity index (χ0v) is 17.1. The Morgan fingerprint density at radius 1 is 1.28 bits per heavy atom. The van der Waals surface area contributed by atoms with E-state index >= 15 is 0 Å². The van der Waals surface area contributed by atoms with Gasteiger partial charge in [-0.25, -0.2) is 9.18 Å². The van der Waals surface area contributed by atoms with E-state index in [-0.39, 0.29) is 12.4 Å². The van der Waals surface area contributed by atoms with Crippen molar-refractivity contribution >= 4 is 23.2 Å². The van der Waals surface area contributed by atoms with Crippen molar-refractivity contribution in [3.63, 3.8) is 0 Å². The number of hydrogen-bond donors (Lipinski definition) is 3. The molecule has 3 amide bonds. The summed E-state index contributed by atoms with van der Waals surface area (Å²) < 4.78 is 13.8. The van der Waals surface area contributed by atoms with Crippen LogP contribution in [-0.4, -0.2) is 39.1 Å². The highest BCUT2D eigenvalue weighted by atomic mass is 19.1. The largest absolute Gasteiger partial charge is 0.357 e.